The number of sulfonamides is 1. The van der Waals surface area contributed by atoms with Gasteiger partial charge in [0.05, 0.1) is 15.4 Å². The Morgan fingerprint density at radius 2 is 1.69 bits per heavy atom. The summed E-state index contributed by atoms with van der Waals surface area (Å²) < 4.78 is 34.7. The number of nitro benzene ring substituents is 1. The van der Waals surface area contributed by atoms with Crippen LogP contribution in [0, 0.1) is 10.1 Å². The van der Waals surface area contributed by atoms with E-state index in [2.05, 4.69) is 14.9 Å². The molecule has 1 fully saturated rings. The number of rotatable bonds is 16. The summed E-state index contributed by atoms with van der Waals surface area (Å²) in [4.78, 5) is 29.5. The Hall–Kier alpha value is -4.14. The van der Waals surface area contributed by atoms with Crippen LogP contribution in [-0.2, 0) is 21.2 Å². The van der Waals surface area contributed by atoms with Gasteiger partial charge in [-0.05, 0) is 100 Å². The van der Waals surface area contributed by atoms with Crippen LogP contribution in [0.1, 0.15) is 35.2 Å². The Balaban J connectivity index is 1.23. The van der Waals surface area contributed by atoms with Gasteiger partial charge in [0.15, 0.2) is 0 Å². The molecule has 1 amide bonds. The molecule has 0 radical (unpaired) electrons. The first-order valence-corrected chi connectivity index (χ1v) is 19.8. The normalized spacial score (nSPS) is 14.9. The molecular weight excluding hydrogens is 722 g/mol. The Bertz CT molecular complexity index is 1940. The summed E-state index contributed by atoms with van der Waals surface area (Å²) in [6.07, 6.45) is 2.96. The molecule has 1 saturated heterocycles. The number of nitrogens with one attached hydrogen (secondary N) is 2. The van der Waals surface area contributed by atoms with Crippen molar-refractivity contribution in [2.45, 2.75) is 47.1 Å². The van der Waals surface area contributed by atoms with Gasteiger partial charge >= 0.3 is 0 Å². The lowest BCUT2D eigenvalue weighted by molar-refractivity contribution is -0.384. The number of anilines is 2. The smallest absolute Gasteiger partial charge is 0.293 e. The minimum absolute atomic E-state index is 0.140. The van der Waals surface area contributed by atoms with Crippen molar-refractivity contribution >= 4 is 56.4 Å². The van der Waals surface area contributed by atoms with Gasteiger partial charge in [-0.2, -0.15) is 0 Å². The molecule has 0 bridgehead atoms. The molecule has 5 rings (SSSR count). The zero-order chi connectivity index (χ0) is 37.3. The standard InChI is InChI=1S/C38H44ClN5O6S2/c1-42(2)22-19-30(27-51-32-10-5-4-6-11-32)40-35-18-17-33(25-36(35)44(46)47)52(48,49)41-37(45)28-13-15-31(16-14-28)43-23-20-38(50-3,21-24-43)26-29-9-7-8-12-34(29)39/h4-18,25,30,40H,19-24,26-27H2,1-3H3,(H,41,45). The van der Waals surface area contributed by atoms with Crippen LogP contribution < -0.4 is 14.9 Å². The van der Waals surface area contributed by atoms with Crippen LogP contribution in [0.3, 0.4) is 0 Å². The van der Waals surface area contributed by atoms with E-state index < -0.39 is 26.5 Å². The zero-order valence-electron chi connectivity index (χ0n) is 29.5. The van der Waals surface area contributed by atoms with Gasteiger partial charge in [0.2, 0.25) is 0 Å². The van der Waals surface area contributed by atoms with Crippen LogP contribution in [0.2, 0.25) is 5.02 Å². The van der Waals surface area contributed by atoms with Crippen molar-refractivity contribution in [1.29, 1.82) is 0 Å². The van der Waals surface area contributed by atoms with E-state index in [0.717, 1.165) is 59.7 Å². The third kappa shape index (κ3) is 10.3. The van der Waals surface area contributed by atoms with Crippen LogP contribution in [0.5, 0.6) is 0 Å². The van der Waals surface area contributed by atoms with E-state index in [-0.39, 0.29) is 27.8 Å². The molecule has 0 spiro atoms. The Morgan fingerprint density at radius 3 is 2.33 bits per heavy atom. The highest BCUT2D eigenvalue weighted by atomic mass is 35.5. The number of piperidine rings is 1. The molecule has 1 heterocycles. The third-order valence-corrected chi connectivity index (χ3v) is 12.1. The quantitative estimate of drug-likeness (QED) is 0.0690. The molecule has 1 unspecified atom stereocenters. The molecule has 0 saturated carbocycles. The largest absolute Gasteiger partial charge is 0.378 e. The second kappa shape index (κ2) is 17.6. The lowest BCUT2D eigenvalue weighted by Crippen LogP contribution is -2.47. The summed E-state index contributed by atoms with van der Waals surface area (Å²) in [5.74, 6) is -0.200. The van der Waals surface area contributed by atoms with Crippen molar-refractivity contribution in [3.63, 3.8) is 0 Å². The number of carbonyl (C=O) groups is 1. The number of ether oxygens (including phenoxy) is 1. The Morgan fingerprint density at radius 1 is 1.02 bits per heavy atom. The maximum Gasteiger partial charge on any atom is 0.293 e. The third-order valence-electron chi connectivity index (χ3n) is 9.25. The molecule has 14 heteroatoms. The maximum absolute atomic E-state index is 13.3. The van der Waals surface area contributed by atoms with Crippen LogP contribution in [0.15, 0.2) is 107 Å². The van der Waals surface area contributed by atoms with Crippen molar-refractivity contribution in [3.05, 3.63) is 123 Å². The highest BCUT2D eigenvalue weighted by molar-refractivity contribution is 7.99. The number of carbonyl (C=O) groups excluding carboxylic acids is 1. The summed E-state index contributed by atoms with van der Waals surface area (Å²) in [5, 5.41) is 16.1. The first-order chi connectivity index (χ1) is 24.9. The van der Waals surface area contributed by atoms with E-state index in [1.165, 1.54) is 12.1 Å². The number of hydrogen-bond donors (Lipinski definition) is 2. The van der Waals surface area contributed by atoms with Gasteiger partial charge < -0.3 is 19.9 Å². The van der Waals surface area contributed by atoms with Gasteiger partial charge in [0.1, 0.15) is 5.69 Å². The number of hydrogen-bond acceptors (Lipinski definition) is 10. The number of thioether (sulfide) groups is 1. The zero-order valence-corrected chi connectivity index (χ0v) is 31.8. The molecule has 276 valence electrons. The van der Waals surface area contributed by atoms with E-state index in [1.54, 1.807) is 43.1 Å². The Labute approximate surface area is 314 Å². The predicted molar refractivity (Wildman–Crippen MR) is 208 cm³/mol. The van der Waals surface area contributed by atoms with Crippen molar-refractivity contribution in [1.82, 2.24) is 9.62 Å². The van der Waals surface area contributed by atoms with Crippen molar-refractivity contribution in [2.75, 3.05) is 56.8 Å². The summed E-state index contributed by atoms with van der Waals surface area (Å²) in [6.45, 7) is 2.20. The summed E-state index contributed by atoms with van der Waals surface area (Å²) in [5.41, 5.74) is 1.55. The fourth-order valence-electron chi connectivity index (χ4n) is 6.17. The van der Waals surface area contributed by atoms with Crippen LogP contribution in [0.4, 0.5) is 17.1 Å². The molecule has 0 aromatic heterocycles. The highest BCUT2D eigenvalue weighted by Crippen LogP contribution is 2.34. The van der Waals surface area contributed by atoms with Crippen LogP contribution >= 0.6 is 23.4 Å². The molecule has 2 N–H and O–H groups in total. The van der Waals surface area contributed by atoms with Gasteiger partial charge in [-0.25, -0.2) is 13.1 Å². The number of methoxy groups -OCH3 is 1. The van der Waals surface area contributed by atoms with Gasteiger partial charge in [0.25, 0.3) is 21.6 Å². The minimum atomic E-state index is -4.43. The van der Waals surface area contributed by atoms with Gasteiger partial charge in [-0.3, -0.25) is 14.9 Å². The molecule has 4 aromatic rings. The maximum atomic E-state index is 13.3. The molecule has 52 heavy (non-hydrogen) atoms. The number of nitro groups is 1. The number of benzene rings is 4. The van der Waals surface area contributed by atoms with E-state index >= 15 is 0 Å². The van der Waals surface area contributed by atoms with E-state index in [0.29, 0.717) is 18.6 Å². The first-order valence-electron chi connectivity index (χ1n) is 17.0. The molecule has 0 aliphatic carbocycles. The monoisotopic (exact) mass is 765 g/mol. The molecule has 1 aliphatic heterocycles. The van der Waals surface area contributed by atoms with E-state index in [1.807, 2.05) is 73.6 Å². The summed E-state index contributed by atoms with van der Waals surface area (Å²) in [6, 6.07) is 27.8. The van der Waals surface area contributed by atoms with Crippen molar-refractivity contribution in [2.24, 2.45) is 0 Å². The number of nitrogens with zero attached hydrogens (tertiary/aromatic N) is 3. The lowest BCUT2D eigenvalue weighted by atomic mass is 9.84. The molecular formula is C38H44ClN5O6S2. The second-order valence-corrected chi connectivity index (χ2v) is 16.3. The summed E-state index contributed by atoms with van der Waals surface area (Å²) in [7, 11) is 1.21. The van der Waals surface area contributed by atoms with E-state index in [4.69, 9.17) is 16.3 Å². The van der Waals surface area contributed by atoms with Gasteiger partial charge in [0, 0.05) is 65.7 Å². The Kier molecular flexibility index (Phi) is 13.2. The van der Waals surface area contributed by atoms with Crippen LogP contribution in [-0.4, -0.2) is 82.4 Å². The molecule has 1 aliphatic rings. The lowest BCUT2D eigenvalue weighted by Gasteiger charge is -2.42. The number of halogens is 1. The predicted octanol–water partition coefficient (Wildman–Crippen LogP) is 7.12. The average Bonchev–Trinajstić information content (AvgIpc) is 3.14. The number of amides is 1. The summed E-state index contributed by atoms with van der Waals surface area (Å²) >= 11 is 8.05. The van der Waals surface area contributed by atoms with Crippen molar-refractivity contribution in [3.8, 4) is 0 Å². The highest BCUT2D eigenvalue weighted by Gasteiger charge is 2.35. The fraction of sp³-hybridized carbons (Fsp3) is 0.342. The SMILES string of the molecule is COC1(Cc2ccccc2Cl)CCN(c2ccc(C(=O)NS(=O)(=O)c3ccc(NC(CCN(C)C)CSc4ccccc4)c([N+](=O)[O-])c3)cc2)CC1. The van der Waals surface area contributed by atoms with Crippen molar-refractivity contribution < 1.29 is 22.9 Å². The molecule has 1 atom stereocenters. The minimum Gasteiger partial charge on any atom is -0.378 e. The second-order valence-electron chi connectivity index (χ2n) is 13.1. The topological polar surface area (TPSA) is 134 Å². The van der Waals surface area contributed by atoms with Gasteiger partial charge in [-0.15, -0.1) is 11.8 Å². The molecule has 11 nitrogen and oxygen atoms in total. The first kappa shape index (κ1) is 39.1. The molecule has 4 aromatic carbocycles. The van der Waals surface area contributed by atoms with Gasteiger partial charge in [-0.1, -0.05) is 48.0 Å². The fourth-order valence-corrected chi connectivity index (χ4v) is 8.36. The van der Waals surface area contributed by atoms with Crippen LogP contribution in [0.25, 0.3) is 0 Å². The van der Waals surface area contributed by atoms with E-state index in [9.17, 15) is 23.3 Å². The average molecular weight is 766 g/mol.